The first kappa shape index (κ1) is 19.5. The molecular weight excluding hydrogens is 382 g/mol. The Morgan fingerprint density at radius 2 is 1.47 bits per heavy atom. The first-order valence-electron chi connectivity index (χ1n) is 9.47. The number of carbonyl (C=O) groups excluding carboxylic acids is 1. The average molecular weight is 403 g/mol. The lowest BCUT2D eigenvalue weighted by Gasteiger charge is -2.17. The zero-order chi connectivity index (χ0) is 20.9. The van der Waals surface area contributed by atoms with Gasteiger partial charge in [0.05, 0.1) is 14.2 Å². The molecule has 152 valence electrons. The van der Waals surface area contributed by atoms with Crippen LogP contribution in [0, 0.1) is 0 Å². The van der Waals surface area contributed by atoms with Gasteiger partial charge in [0.15, 0.2) is 12.1 Å². The second kappa shape index (κ2) is 8.69. The zero-order valence-corrected chi connectivity index (χ0v) is 16.6. The van der Waals surface area contributed by atoms with Crippen molar-refractivity contribution in [2.75, 3.05) is 14.2 Å². The van der Waals surface area contributed by atoms with Crippen molar-refractivity contribution in [2.45, 2.75) is 12.1 Å². The summed E-state index contributed by atoms with van der Waals surface area (Å²) in [4.78, 5) is 16.8. The number of ether oxygens (including phenoxy) is 4. The highest BCUT2D eigenvalue weighted by Gasteiger charge is 2.38. The summed E-state index contributed by atoms with van der Waals surface area (Å²) >= 11 is 0. The Kier molecular flexibility index (Phi) is 5.66. The van der Waals surface area contributed by atoms with E-state index in [1.54, 1.807) is 7.11 Å². The molecule has 0 N–H and O–H groups in total. The van der Waals surface area contributed by atoms with Crippen molar-refractivity contribution in [2.24, 2.45) is 4.99 Å². The van der Waals surface area contributed by atoms with Gasteiger partial charge >= 0.3 is 5.97 Å². The SMILES string of the molecule is COC(=O)[C@H]1N=C(c2ccc(OC)cc2)O[C@H]1c1ccc(Oc2ccccc2)cc1. The lowest BCUT2D eigenvalue weighted by molar-refractivity contribution is -0.143. The number of hydrogen-bond acceptors (Lipinski definition) is 6. The van der Waals surface area contributed by atoms with E-state index in [0.29, 0.717) is 11.6 Å². The lowest BCUT2D eigenvalue weighted by Crippen LogP contribution is -2.25. The number of nitrogens with zero attached hydrogens (tertiary/aromatic N) is 1. The number of methoxy groups -OCH3 is 2. The van der Waals surface area contributed by atoms with Crippen LogP contribution in [-0.4, -0.2) is 32.1 Å². The molecule has 1 aliphatic rings. The fourth-order valence-electron chi connectivity index (χ4n) is 3.18. The fraction of sp³-hybridized carbons (Fsp3) is 0.167. The Bertz CT molecular complexity index is 1030. The third-order valence-corrected chi connectivity index (χ3v) is 4.75. The Morgan fingerprint density at radius 3 is 2.10 bits per heavy atom. The lowest BCUT2D eigenvalue weighted by atomic mass is 10.0. The second-order valence-electron chi connectivity index (χ2n) is 6.65. The molecule has 0 amide bonds. The van der Waals surface area contributed by atoms with Gasteiger partial charge in [-0.3, -0.25) is 0 Å². The normalized spacial score (nSPS) is 17.6. The maximum Gasteiger partial charge on any atom is 0.335 e. The van der Waals surface area contributed by atoms with Gasteiger partial charge in [0.25, 0.3) is 0 Å². The zero-order valence-electron chi connectivity index (χ0n) is 16.6. The molecule has 0 aliphatic carbocycles. The standard InChI is InChI=1S/C24H21NO5/c1-27-18-12-10-17(11-13-18)23-25-21(24(26)28-2)22(30-23)16-8-14-20(15-9-16)29-19-6-4-3-5-7-19/h3-15,21-22H,1-2H3/t21-,22-/m0/s1. The van der Waals surface area contributed by atoms with Crippen molar-refractivity contribution in [3.05, 3.63) is 90.0 Å². The van der Waals surface area contributed by atoms with Crippen molar-refractivity contribution < 1.29 is 23.7 Å². The summed E-state index contributed by atoms with van der Waals surface area (Å²) in [5.41, 5.74) is 1.56. The Balaban J connectivity index is 1.55. The van der Waals surface area contributed by atoms with Gasteiger partial charge in [-0.25, -0.2) is 9.79 Å². The van der Waals surface area contributed by atoms with Gasteiger partial charge in [-0.05, 0) is 54.1 Å². The minimum atomic E-state index is -0.784. The van der Waals surface area contributed by atoms with Crippen LogP contribution < -0.4 is 9.47 Å². The van der Waals surface area contributed by atoms with Crippen LogP contribution in [0.1, 0.15) is 17.2 Å². The minimum absolute atomic E-state index is 0.391. The van der Waals surface area contributed by atoms with Crippen LogP contribution in [0.5, 0.6) is 17.2 Å². The van der Waals surface area contributed by atoms with Crippen LogP contribution in [0.4, 0.5) is 0 Å². The molecule has 0 spiro atoms. The molecule has 30 heavy (non-hydrogen) atoms. The van der Waals surface area contributed by atoms with E-state index in [1.165, 1.54) is 7.11 Å². The van der Waals surface area contributed by atoms with E-state index in [4.69, 9.17) is 18.9 Å². The van der Waals surface area contributed by atoms with Crippen LogP contribution in [0.15, 0.2) is 83.9 Å². The predicted molar refractivity (Wildman–Crippen MR) is 112 cm³/mol. The molecule has 6 heteroatoms. The predicted octanol–water partition coefficient (Wildman–Crippen LogP) is 4.55. The molecule has 4 rings (SSSR count). The molecule has 3 aromatic carbocycles. The van der Waals surface area contributed by atoms with Crippen molar-refractivity contribution >= 4 is 11.9 Å². The maximum absolute atomic E-state index is 12.3. The Hall–Kier alpha value is -3.80. The molecule has 0 fully saturated rings. The van der Waals surface area contributed by atoms with Gasteiger partial charge in [-0.15, -0.1) is 0 Å². The van der Waals surface area contributed by atoms with Gasteiger partial charge in [-0.1, -0.05) is 30.3 Å². The number of esters is 1. The number of carbonyl (C=O) groups is 1. The molecule has 0 saturated carbocycles. The molecule has 0 bridgehead atoms. The van der Waals surface area contributed by atoms with Crippen molar-refractivity contribution in [3.63, 3.8) is 0 Å². The summed E-state index contributed by atoms with van der Waals surface area (Å²) < 4.78 is 22.0. The summed E-state index contributed by atoms with van der Waals surface area (Å²) in [6.45, 7) is 0. The third kappa shape index (κ3) is 4.12. The van der Waals surface area contributed by atoms with Gasteiger partial charge in [0.1, 0.15) is 17.2 Å². The quantitative estimate of drug-likeness (QED) is 0.565. The second-order valence-corrected chi connectivity index (χ2v) is 6.65. The summed E-state index contributed by atoms with van der Waals surface area (Å²) in [6.07, 6.45) is -0.583. The van der Waals surface area contributed by atoms with Gasteiger partial charge in [-0.2, -0.15) is 0 Å². The molecule has 6 nitrogen and oxygen atoms in total. The highest BCUT2D eigenvalue weighted by molar-refractivity contribution is 5.98. The van der Waals surface area contributed by atoms with Crippen molar-refractivity contribution in [1.29, 1.82) is 0 Å². The average Bonchev–Trinajstić information content (AvgIpc) is 3.25. The van der Waals surface area contributed by atoms with E-state index in [1.807, 2.05) is 78.9 Å². The highest BCUT2D eigenvalue weighted by Crippen LogP contribution is 2.33. The Morgan fingerprint density at radius 1 is 0.833 bits per heavy atom. The number of rotatable bonds is 6. The number of para-hydroxylation sites is 1. The van der Waals surface area contributed by atoms with E-state index in [-0.39, 0.29) is 0 Å². The molecule has 1 aliphatic heterocycles. The first-order chi connectivity index (χ1) is 14.7. The molecule has 2 atom stereocenters. The molecule has 1 heterocycles. The molecule has 3 aromatic rings. The van der Waals surface area contributed by atoms with Crippen LogP contribution in [-0.2, 0) is 14.3 Å². The van der Waals surface area contributed by atoms with Crippen LogP contribution in [0.3, 0.4) is 0 Å². The van der Waals surface area contributed by atoms with E-state index in [9.17, 15) is 4.79 Å². The molecule has 0 saturated heterocycles. The smallest absolute Gasteiger partial charge is 0.335 e. The van der Waals surface area contributed by atoms with Gasteiger partial charge < -0.3 is 18.9 Å². The number of hydrogen-bond donors (Lipinski definition) is 0. The summed E-state index contributed by atoms with van der Waals surface area (Å²) in [6, 6.07) is 23.5. The van der Waals surface area contributed by atoms with Crippen molar-refractivity contribution in [3.8, 4) is 17.2 Å². The summed E-state index contributed by atoms with van der Waals surface area (Å²) in [5, 5.41) is 0. The number of aliphatic imine (C=N–C) groups is 1. The Labute approximate surface area is 174 Å². The van der Waals surface area contributed by atoms with Crippen molar-refractivity contribution in [1.82, 2.24) is 0 Å². The number of benzene rings is 3. The molecule has 0 radical (unpaired) electrons. The molecular formula is C24H21NO5. The minimum Gasteiger partial charge on any atom is -0.497 e. The van der Waals surface area contributed by atoms with E-state index < -0.39 is 18.1 Å². The molecule has 0 aromatic heterocycles. The largest absolute Gasteiger partial charge is 0.497 e. The first-order valence-corrected chi connectivity index (χ1v) is 9.47. The monoisotopic (exact) mass is 403 g/mol. The van der Waals surface area contributed by atoms with E-state index in [0.717, 1.165) is 22.6 Å². The van der Waals surface area contributed by atoms with Crippen LogP contribution in [0.2, 0.25) is 0 Å². The van der Waals surface area contributed by atoms with Crippen LogP contribution in [0.25, 0.3) is 0 Å². The fourth-order valence-corrected chi connectivity index (χ4v) is 3.18. The summed E-state index contributed by atoms with van der Waals surface area (Å²) in [5.74, 6) is 2.11. The molecule has 0 unspecified atom stereocenters. The highest BCUT2D eigenvalue weighted by atomic mass is 16.5. The topological polar surface area (TPSA) is 66.4 Å². The maximum atomic E-state index is 12.3. The van der Waals surface area contributed by atoms with Gasteiger partial charge in [0, 0.05) is 5.56 Å². The van der Waals surface area contributed by atoms with E-state index >= 15 is 0 Å². The van der Waals surface area contributed by atoms with Gasteiger partial charge in [0.2, 0.25) is 5.90 Å². The van der Waals surface area contributed by atoms with Crippen LogP contribution >= 0.6 is 0 Å². The third-order valence-electron chi connectivity index (χ3n) is 4.75. The van der Waals surface area contributed by atoms with E-state index in [2.05, 4.69) is 4.99 Å². The summed E-state index contributed by atoms with van der Waals surface area (Å²) in [7, 11) is 2.95.